The largest absolute Gasteiger partial charge is 0.508 e. The molecule has 0 saturated heterocycles. The number of hydrogen-bond acceptors (Lipinski definition) is 7. The van der Waals surface area contributed by atoms with E-state index in [0.29, 0.717) is 27.5 Å². The first-order chi connectivity index (χ1) is 18.7. The number of phenolic OH excluding ortho intramolecular Hbond substituents is 1. The van der Waals surface area contributed by atoms with E-state index in [2.05, 4.69) is 21.6 Å². The van der Waals surface area contributed by atoms with Gasteiger partial charge in [0, 0.05) is 17.3 Å². The number of aliphatic hydroxyl groups excluding tert-OH is 1. The number of allylic oxidation sites excluding steroid dienone is 4. The average molecular weight is 525 g/mol. The molecule has 0 saturated carbocycles. The highest BCUT2D eigenvalue weighted by Gasteiger charge is 2.21. The standard InChI is InChI=1S/C29H25FN6O3/c1-4-5-9-23(17(3)37)36-21(11-18-8-6-7-16(2)24(18)29(36)39)14-35-28-25(27(31)32-15-33-28)26(34-35)19-10-20(30)13-22(38)12-19/h4-13,15,37-38H,3,14H2,1-2H3,(H2,31,32,33)/b5-4-,23-9+. The molecule has 0 aliphatic heterocycles. The van der Waals surface area contributed by atoms with Gasteiger partial charge in [0.15, 0.2) is 5.65 Å². The van der Waals surface area contributed by atoms with Gasteiger partial charge in [-0.2, -0.15) is 5.10 Å². The van der Waals surface area contributed by atoms with Crippen molar-refractivity contribution in [2.24, 2.45) is 0 Å². The SMILES string of the molecule is C=C(O)/C(=C\C=C/C)n1c(Cn2nc(-c3cc(O)cc(F)c3)c3c(N)ncnc32)cc2cccc(C)c2c1=O. The normalized spacial score (nSPS) is 12.1. The number of anilines is 1. The van der Waals surface area contributed by atoms with Gasteiger partial charge in [-0.1, -0.05) is 36.9 Å². The Morgan fingerprint density at radius 3 is 2.69 bits per heavy atom. The number of nitrogen functional groups attached to an aromatic ring is 1. The summed E-state index contributed by atoms with van der Waals surface area (Å²) in [4.78, 5) is 22.3. The van der Waals surface area contributed by atoms with Crippen molar-refractivity contribution in [2.45, 2.75) is 20.4 Å². The summed E-state index contributed by atoms with van der Waals surface area (Å²) in [6, 6.07) is 10.9. The molecule has 0 aliphatic rings. The maximum absolute atomic E-state index is 14.2. The molecule has 0 aliphatic carbocycles. The minimum atomic E-state index is -0.651. The van der Waals surface area contributed by atoms with Gasteiger partial charge in [0.25, 0.3) is 5.56 Å². The topological polar surface area (TPSA) is 132 Å². The fourth-order valence-corrected chi connectivity index (χ4v) is 4.66. The predicted octanol–water partition coefficient (Wildman–Crippen LogP) is 5.08. The zero-order valence-corrected chi connectivity index (χ0v) is 21.3. The van der Waals surface area contributed by atoms with E-state index >= 15 is 0 Å². The average Bonchev–Trinajstić information content (AvgIpc) is 3.24. The zero-order chi connectivity index (χ0) is 27.8. The maximum atomic E-state index is 14.2. The molecule has 3 heterocycles. The lowest BCUT2D eigenvalue weighted by Crippen LogP contribution is -2.26. The van der Waals surface area contributed by atoms with Crippen LogP contribution < -0.4 is 11.3 Å². The lowest BCUT2D eigenvalue weighted by Gasteiger charge is -2.18. The first kappa shape index (κ1) is 25.4. The molecule has 0 amide bonds. The van der Waals surface area contributed by atoms with Gasteiger partial charge in [0.05, 0.1) is 23.0 Å². The number of nitrogens with zero attached hydrogens (tertiary/aromatic N) is 5. The molecule has 9 nitrogen and oxygen atoms in total. The van der Waals surface area contributed by atoms with Gasteiger partial charge in [-0.25, -0.2) is 19.0 Å². The fourth-order valence-electron chi connectivity index (χ4n) is 4.66. The van der Waals surface area contributed by atoms with E-state index in [4.69, 9.17) is 5.73 Å². The first-order valence-corrected chi connectivity index (χ1v) is 12.0. The van der Waals surface area contributed by atoms with Crippen molar-refractivity contribution in [1.82, 2.24) is 24.3 Å². The number of halogens is 1. The van der Waals surface area contributed by atoms with Crippen molar-refractivity contribution in [2.75, 3.05) is 5.73 Å². The third-order valence-corrected chi connectivity index (χ3v) is 6.34. The first-order valence-electron chi connectivity index (χ1n) is 12.0. The monoisotopic (exact) mass is 524 g/mol. The summed E-state index contributed by atoms with van der Waals surface area (Å²) < 4.78 is 17.1. The Kier molecular flexibility index (Phi) is 6.45. The summed E-state index contributed by atoms with van der Waals surface area (Å²) in [6.45, 7) is 7.35. The molecular weight excluding hydrogens is 499 g/mol. The van der Waals surface area contributed by atoms with E-state index in [1.54, 1.807) is 18.2 Å². The van der Waals surface area contributed by atoms with E-state index in [9.17, 15) is 19.4 Å². The van der Waals surface area contributed by atoms with Crippen LogP contribution in [0.25, 0.3) is 38.8 Å². The predicted molar refractivity (Wildman–Crippen MR) is 150 cm³/mol. The highest BCUT2D eigenvalue weighted by atomic mass is 19.1. The number of hydrogen-bond donors (Lipinski definition) is 3. The summed E-state index contributed by atoms with van der Waals surface area (Å²) in [5.41, 5.74) is 8.18. The van der Waals surface area contributed by atoms with Crippen LogP contribution in [0, 0.1) is 12.7 Å². The van der Waals surface area contributed by atoms with E-state index in [-0.39, 0.29) is 46.4 Å². The van der Waals surface area contributed by atoms with Crippen molar-refractivity contribution >= 4 is 33.3 Å². The Balaban J connectivity index is 1.81. The maximum Gasteiger partial charge on any atom is 0.263 e. The van der Waals surface area contributed by atoms with Gasteiger partial charge in [-0.15, -0.1) is 0 Å². The number of fused-ring (bicyclic) bond motifs is 2. The van der Waals surface area contributed by atoms with Crippen LogP contribution in [0.1, 0.15) is 18.2 Å². The van der Waals surface area contributed by atoms with Crippen LogP contribution in [0.5, 0.6) is 5.75 Å². The number of aliphatic hydroxyl groups is 1. The molecule has 3 aromatic heterocycles. The lowest BCUT2D eigenvalue weighted by atomic mass is 10.1. The smallest absolute Gasteiger partial charge is 0.263 e. The van der Waals surface area contributed by atoms with Gasteiger partial charge in [-0.3, -0.25) is 9.36 Å². The van der Waals surface area contributed by atoms with Gasteiger partial charge < -0.3 is 15.9 Å². The number of nitrogens with two attached hydrogens (primary N) is 1. The number of pyridine rings is 1. The molecule has 0 unspecified atom stereocenters. The van der Waals surface area contributed by atoms with Crippen molar-refractivity contribution in [3.63, 3.8) is 0 Å². The minimum Gasteiger partial charge on any atom is -0.508 e. The summed E-state index contributed by atoms with van der Waals surface area (Å²) in [7, 11) is 0. The van der Waals surface area contributed by atoms with Crippen LogP contribution in [-0.4, -0.2) is 34.5 Å². The van der Waals surface area contributed by atoms with Crippen LogP contribution in [0.4, 0.5) is 10.2 Å². The highest BCUT2D eigenvalue weighted by Crippen LogP contribution is 2.33. The molecule has 2 aromatic carbocycles. The van der Waals surface area contributed by atoms with Crippen molar-refractivity contribution in [1.29, 1.82) is 0 Å². The summed E-state index contributed by atoms with van der Waals surface area (Å²) >= 11 is 0. The van der Waals surface area contributed by atoms with E-state index in [1.165, 1.54) is 27.7 Å². The van der Waals surface area contributed by atoms with Crippen molar-refractivity contribution in [3.05, 3.63) is 107 Å². The third kappa shape index (κ3) is 4.52. The Bertz CT molecular complexity index is 1880. The Labute approximate surface area is 222 Å². The number of rotatable bonds is 6. The fraction of sp³-hybridized carbons (Fsp3) is 0.103. The molecule has 0 radical (unpaired) electrons. The number of aryl methyl sites for hydroxylation is 1. The Morgan fingerprint density at radius 2 is 1.97 bits per heavy atom. The Hall–Kier alpha value is -5.25. The molecule has 5 aromatic rings. The van der Waals surface area contributed by atoms with Gasteiger partial charge in [-0.05, 0) is 49.1 Å². The molecule has 39 heavy (non-hydrogen) atoms. The van der Waals surface area contributed by atoms with Crippen LogP contribution in [0.15, 0.2) is 84.2 Å². The molecule has 0 atom stereocenters. The summed E-state index contributed by atoms with van der Waals surface area (Å²) in [6.07, 6.45) is 6.34. The van der Waals surface area contributed by atoms with Gasteiger partial charge in [0.1, 0.15) is 35.2 Å². The lowest BCUT2D eigenvalue weighted by molar-refractivity contribution is 0.434. The van der Waals surface area contributed by atoms with Crippen LogP contribution in [-0.2, 0) is 6.54 Å². The number of aromatic hydroxyl groups is 1. The third-order valence-electron chi connectivity index (χ3n) is 6.34. The minimum absolute atomic E-state index is 0.0217. The zero-order valence-electron chi connectivity index (χ0n) is 21.3. The molecule has 0 spiro atoms. The number of aromatic nitrogens is 5. The van der Waals surface area contributed by atoms with Crippen LogP contribution >= 0.6 is 0 Å². The van der Waals surface area contributed by atoms with Crippen molar-refractivity contribution < 1.29 is 14.6 Å². The molecule has 0 fully saturated rings. The second-order valence-corrected chi connectivity index (χ2v) is 9.00. The van der Waals surface area contributed by atoms with E-state index < -0.39 is 5.82 Å². The molecule has 10 heteroatoms. The van der Waals surface area contributed by atoms with Crippen molar-refractivity contribution in [3.8, 4) is 17.0 Å². The molecule has 196 valence electrons. The van der Waals surface area contributed by atoms with Crippen LogP contribution in [0.2, 0.25) is 0 Å². The summed E-state index contributed by atoms with van der Waals surface area (Å²) in [5.74, 6) is -1.10. The van der Waals surface area contributed by atoms with Gasteiger partial charge in [0.2, 0.25) is 0 Å². The quantitative estimate of drug-likeness (QED) is 0.208. The molecule has 4 N–H and O–H groups in total. The molecular formula is C29H25FN6O3. The van der Waals surface area contributed by atoms with Crippen LogP contribution in [0.3, 0.4) is 0 Å². The molecule has 5 rings (SSSR count). The second kappa shape index (κ2) is 9.90. The van der Waals surface area contributed by atoms with Gasteiger partial charge >= 0.3 is 0 Å². The highest BCUT2D eigenvalue weighted by molar-refractivity contribution is 5.98. The van der Waals surface area contributed by atoms with E-state index in [1.807, 2.05) is 38.1 Å². The number of phenols is 1. The molecule has 0 bridgehead atoms. The summed E-state index contributed by atoms with van der Waals surface area (Å²) in [5, 5.41) is 26.7. The van der Waals surface area contributed by atoms with E-state index in [0.717, 1.165) is 11.6 Å². The second-order valence-electron chi connectivity index (χ2n) is 9.00. The number of benzene rings is 2. The Morgan fingerprint density at radius 1 is 1.18 bits per heavy atom.